The van der Waals surface area contributed by atoms with E-state index in [2.05, 4.69) is 15.8 Å². The third-order valence-electron chi connectivity index (χ3n) is 2.98. The summed E-state index contributed by atoms with van der Waals surface area (Å²) in [6, 6.07) is 9.44. The maximum absolute atomic E-state index is 11.8. The Kier molecular flexibility index (Phi) is 7.53. The molecule has 0 radical (unpaired) electrons. The van der Waals surface area contributed by atoms with Crippen molar-refractivity contribution in [3.05, 3.63) is 62.1 Å². The fourth-order valence-corrected chi connectivity index (χ4v) is 2.69. The van der Waals surface area contributed by atoms with Crippen molar-refractivity contribution in [1.29, 1.82) is 0 Å². The molecule has 0 saturated heterocycles. The smallest absolute Gasteiger partial charge is 0.314 e. The van der Waals surface area contributed by atoms with E-state index in [4.69, 9.17) is 51.2 Å². The summed E-state index contributed by atoms with van der Waals surface area (Å²) in [6.45, 7) is -0.00252. The minimum atomic E-state index is -0.959. The molecule has 0 aliphatic heterocycles. The summed E-state index contributed by atoms with van der Waals surface area (Å²) in [7, 11) is 0. The molecule has 0 aromatic heterocycles. The van der Waals surface area contributed by atoms with Crippen LogP contribution >= 0.6 is 46.4 Å². The van der Waals surface area contributed by atoms with Gasteiger partial charge in [0.1, 0.15) is 12.9 Å². The SMILES string of the molecule is O=C(N/C=N\OCc1c(Cl)cccc1Cl)C(=O)Nc1ccc(Cl)cc1Cl. The fourth-order valence-electron chi connectivity index (χ4n) is 1.73. The van der Waals surface area contributed by atoms with Crippen LogP contribution in [0.4, 0.5) is 5.69 Å². The minimum absolute atomic E-state index is 0.00252. The number of benzene rings is 2. The third-order valence-corrected chi connectivity index (χ3v) is 4.24. The van der Waals surface area contributed by atoms with Gasteiger partial charge in [-0.2, -0.15) is 0 Å². The van der Waals surface area contributed by atoms with Crippen LogP contribution < -0.4 is 10.6 Å². The van der Waals surface area contributed by atoms with Gasteiger partial charge in [0, 0.05) is 20.6 Å². The molecule has 2 N–H and O–H groups in total. The van der Waals surface area contributed by atoms with E-state index in [9.17, 15) is 9.59 Å². The molecule has 0 bridgehead atoms. The number of amides is 2. The maximum atomic E-state index is 11.8. The molecular weight excluding hydrogens is 424 g/mol. The highest BCUT2D eigenvalue weighted by molar-refractivity contribution is 6.43. The third kappa shape index (κ3) is 5.78. The molecule has 0 aliphatic carbocycles. The lowest BCUT2D eigenvalue weighted by Gasteiger charge is -2.06. The molecule has 2 rings (SSSR count). The van der Waals surface area contributed by atoms with Crippen molar-refractivity contribution in [1.82, 2.24) is 5.32 Å². The highest BCUT2D eigenvalue weighted by Gasteiger charge is 2.14. The zero-order valence-corrected chi connectivity index (χ0v) is 16.0. The fraction of sp³-hybridized carbons (Fsp3) is 0.0625. The number of nitrogens with zero attached hydrogens (tertiary/aromatic N) is 1. The van der Waals surface area contributed by atoms with Crippen molar-refractivity contribution in [3.8, 4) is 0 Å². The number of rotatable bonds is 5. The maximum Gasteiger partial charge on any atom is 0.314 e. The number of carbonyl (C=O) groups is 2. The van der Waals surface area contributed by atoms with Gasteiger partial charge in [-0.25, -0.2) is 0 Å². The van der Waals surface area contributed by atoms with Crippen molar-refractivity contribution < 1.29 is 14.4 Å². The zero-order chi connectivity index (χ0) is 19.1. The minimum Gasteiger partial charge on any atom is -0.390 e. The van der Waals surface area contributed by atoms with E-state index in [1.165, 1.54) is 18.2 Å². The van der Waals surface area contributed by atoms with Gasteiger partial charge in [0.15, 0.2) is 0 Å². The molecule has 26 heavy (non-hydrogen) atoms. The molecular formula is C16H11Cl4N3O3. The molecule has 0 heterocycles. The van der Waals surface area contributed by atoms with E-state index in [-0.39, 0.29) is 17.3 Å². The quantitative estimate of drug-likeness (QED) is 0.314. The molecule has 0 aliphatic rings. The second-order valence-corrected chi connectivity index (χ2v) is 6.42. The van der Waals surface area contributed by atoms with E-state index in [1.807, 2.05) is 0 Å². The Morgan fingerprint density at radius 1 is 1.00 bits per heavy atom. The van der Waals surface area contributed by atoms with Crippen LogP contribution in [0.2, 0.25) is 20.1 Å². The molecule has 0 unspecified atom stereocenters. The van der Waals surface area contributed by atoms with Gasteiger partial charge in [0.05, 0.1) is 10.7 Å². The Hall–Kier alpha value is -1.99. The van der Waals surface area contributed by atoms with Gasteiger partial charge in [-0.05, 0) is 30.3 Å². The van der Waals surface area contributed by atoms with Crippen molar-refractivity contribution in [2.45, 2.75) is 6.61 Å². The van der Waals surface area contributed by atoms with Gasteiger partial charge < -0.3 is 15.5 Å². The monoisotopic (exact) mass is 433 g/mol. The lowest BCUT2D eigenvalue weighted by atomic mass is 10.2. The summed E-state index contributed by atoms with van der Waals surface area (Å²) in [5, 5.41) is 9.45. The Morgan fingerprint density at radius 3 is 2.35 bits per heavy atom. The molecule has 136 valence electrons. The summed E-state index contributed by atoms with van der Waals surface area (Å²) in [5.74, 6) is -1.89. The van der Waals surface area contributed by atoms with Crippen LogP contribution in [0.3, 0.4) is 0 Å². The zero-order valence-electron chi connectivity index (χ0n) is 12.9. The lowest BCUT2D eigenvalue weighted by Crippen LogP contribution is -2.34. The molecule has 2 aromatic carbocycles. The van der Waals surface area contributed by atoms with Crippen LogP contribution in [0.5, 0.6) is 0 Å². The topological polar surface area (TPSA) is 79.8 Å². The molecule has 0 spiro atoms. The normalized spacial score (nSPS) is 10.6. The lowest BCUT2D eigenvalue weighted by molar-refractivity contribution is -0.135. The predicted molar refractivity (Wildman–Crippen MR) is 103 cm³/mol. The number of anilines is 1. The number of hydrogen-bond donors (Lipinski definition) is 2. The second kappa shape index (κ2) is 9.64. The predicted octanol–water partition coefficient (Wildman–Crippen LogP) is 4.52. The van der Waals surface area contributed by atoms with Crippen molar-refractivity contribution in [2.24, 2.45) is 5.16 Å². The van der Waals surface area contributed by atoms with Crippen molar-refractivity contribution >= 4 is 70.2 Å². The first kappa shape index (κ1) is 20.3. The number of hydrogen-bond acceptors (Lipinski definition) is 4. The van der Waals surface area contributed by atoms with Crippen molar-refractivity contribution in [2.75, 3.05) is 5.32 Å². The number of nitrogens with one attached hydrogen (secondary N) is 2. The van der Waals surface area contributed by atoms with Crippen LogP contribution in [0.15, 0.2) is 41.6 Å². The average molecular weight is 435 g/mol. The summed E-state index contributed by atoms with van der Waals surface area (Å²) in [4.78, 5) is 28.4. The second-order valence-electron chi connectivity index (χ2n) is 4.76. The van der Waals surface area contributed by atoms with E-state index in [1.54, 1.807) is 18.2 Å². The van der Waals surface area contributed by atoms with Crippen LogP contribution in [0, 0.1) is 0 Å². The van der Waals surface area contributed by atoms with Gasteiger partial charge in [0.2, 0.25) is 0 Å². The molecule has 0 atom stereocenters. The number of halogens is 4. The Balaban J connectivity index is 1.82. The molecule has 0 saturated carbocycles. The van der Waals surface area contributed by atoms with Gasteiger partial charge >= 0.3 is 11.8 Å². The van der Waals surface area contributed by atoms with Crippen LogP contribution in [0.1, 0.15) is 5.56 Å². The molecule has 10 heteroatoms. The van der Waals surface area contributed by atoms with Crippen molar-refractivity contribution in [3.63, 3.8) is 0 Å². The summed E-state index contributed by atoms with van der Waals surface area (Å²) in [5.41, 5.74) is 0.798. The Bertz CT molecular complexity index is 838. The van der Waals surface area contributed by atoms with Crippen LogP contribution in [-0.2, 0) is 21.0 Å². The molecule has 0 fully saturated rings. The Labute approximate surface area is 169 Å². The highest BCUT2D eigenvalue weighted by Crippen LogP contribution is 2.25. The summed E-state index contributed by atoms with van der Waals surface area (Å²) in [6.07, 6.45) is 0.927. The summed E-state index contributed by atoms with van der Waals surface area (Å²) >= 11 is 23.6. The van der Waals surface area contributed by atoms with Gasteiger partial charge in [-0.15, -0.1) is 0 Å². The Morgan fingerprint density at radius 2 is 1.69 bits per heavy atom. The average Bonchev–Trinajstić information content (AvgIpc) is 2.59. The number of oxime groups is 1. The van der Waals surface area contributed by atoms with Gasteiger partial charge in [-0.3, -0.25) is 9.59 Å². The largest absolute Gasteiger partial charge is 0.390 e. The summed E-state index contributed by atoms with van der Waals surface area (Å²) < 4.78 is 0. The first-order valence-corrected chi connectivity index (χ1v) is 8.53. The standard InChI is InChI=1S/C16H11Cl4N3O3/c17-9-4-5-14(13(20)6-9)23-16(25)15(24)21-8-22-26-7-10-11(18)2-1-3-12(10)19/h1-6,8H,7H2,(H,23,25)(H,21,22,24). The molecule has 6 nitrogen and oxygen atoms in total. The highest BCUT2D eigenvalue weighted by atomic mass is 35.5. The van der Waals surface area contributed by atoms with E-state index < -0.39 is 11.8 Å². The van der Waals surface area contributed by atoms with Gasteiger partial charge in [-0.1, -0.05) is 57.6 Å². The van der Waals surface area contributed by atoms with Gasteiger partial charge in [0.25, 0.3) is 0 Å². The van der Waals surface area contributed by atoms with E-state index in [0.29, 0.717) is 20.6 Å². The van der Waals surface area contributed by atoms with Crippen LogP contribution in [0.25, 0.3) is 0 Å². The van der Waals surface area contributed by atoms with E-state index >= 15 is 0 Å². The first-order chi connectivity index (χ1) is 12.4. The number of carbonyl (C=O) groups excluding carboxylic acids is 2. The molecule has 2 aromatic rings. The van der Waals surface area contributed by atoms with E-state index in [0.717, 1.165) is 6.34 Å². The molecule has 2 amide bonds. The first-order valence-electron chi connectivity index (χ1n) is 7.02. The van der Waals surface area contributed by atoms with Crippen LogP contribution in [-0.4, -0.2) is 18.2 Å².